The number of halogens is 2. The maximum absolute atomic E-state index is 12.5. The molecule has 0 saturated carbocycles. The number of piperidine rings is 1. The number of nitrogens with zero attached hydrogens (tertiary/aromatic N) is 4. The molecule has 3 heterocycles. The molecular weight excluding hydrogens is 306 g/mol. The van der Waals surface area contributed by atoms with Crippen LogP contribution in [0.1, 0.15) is 30.9 Å². The number of aromatic nitrogens is 3. The summed E-state index contributed by atoms with van der Waals surface area (Å²) in [7, 11) is 0. The molecule has 3 rings (SSSR count). The molecule has 2 aromatic rings. The van der Waals surface area contributed by atoms with Gasteiger partial charge in [-0.05, 0) is 31.8 Å². The van der Waals surface area contributed by atoms with Crippen molar-refractivity contribution >= 4 is 0 Å². The Morgan fingerprint density at radius 2 is 2.09 bits per heavy atom. The number of hydrogen-bond acceptors (Lipinski definition) is 5. The van der Waals surface area contributed by atoms with Crippen molar-refractivity contribution in [1.29, 1.82) is 0 Å². The summed E-state index contributed by atoms with van der Waals surface area (Å²) in [5.74, 6) is 1.04. The molecule has 0 N–H and O–H groups in total. The predicted molar refractivity (Wildman–Crippen MR) is 78.0 cm³/mol. The summed E-state index contributed by atoms with van der Waals surface area (Å²) >= 11 is 0. The van der Waals surface area contributed by atoms with E-state index < -0.39 is 17.7 Å². The summed E-state index contributed by atoms with van der Waals surface area (Å²) in [6.07, 6.45) is 3.57. The van der Waals surface area contributed by atoms with Gasteiger partial charge >= 0.3 is 0 Å². The highest BCUT2D eigenvalue weighted by atomic mass is 19.3. The van der Waals surface area contributed by atoms with Gasteiger partial charge in [0.15, 0.2) is 0 Å². The van der Waals surface area contributed by atoms with Crippen molar-refractivity contribution < 1.29 is 13.2 Å². The van der Waals surface area contributed by atoms with Gasteiger partial charge in [0.1, 0.15) is 12.0 Å². The van der Waals surface area contributed by atoms with Crippen LogP contribution in [0.15, 0.2) is 34.1 Å². The average Bonchev–Trinajstić information content (AvgIpc) is 3.04. The average molecular weight is 324 g/mol. The highest BCUT2D eigenvalue weighted by Gasteiger charge is 2.21. The van der Waals surface area contributed by atoms with E-state index in [1.165, 1.54) is 10.9 Å². The fraction of sp³-hybridized carbons (Fsp3) is 0.533. The number of hydrogen-bond donors (Lipinski definition) is 0. The molecule has 0 spiro atoms. The first-order valence-corrected chi connectivity index (χ1v) is 7.57. The molecule has 0 atom stereocenters. The second-order valence-corrected chi connectivity index (χ2v) is 5.75. The minimum Gasteiger partial charge on any atom is -0.448 e. The van der Waals surface area contributed by atoms with Gasteiger partial charge < -0.3 is 4.42 Å². The summed E-state index contributed by atoms with van der Waals surface area (Å²) < 4.78 is 31.7. The van der Waals surface area contributed by atoms with Crippen molar-refractivity contribution in [2.45, 2.75) is 32.4 Å². The minimum atomic E-state index is -2.71. The molecule has 2 aromatic heterocycles. The van der Waals surface area contributed by atoms with E-state index in [0.717, 1.165) is 32.0 Å². The van der Waals surface area contributed by atoms with Gasteiger partial charge in [-0.3, -0.25) is 14.3 Å². The Labute approximate surface area is 131 Å². The summed E-state index contributed by atoms with van der Waals surface area (Å²) in [6.45, 7) is 2.99. The lowest BCUT2D eigenvalue weighted by molar-refractivity contribution is 0.144. The van der Waals surface area contributed by atoms with E-state index in [0.29, 0.717) is 24.9 Å². The van der Waals surface area contributed by atoms with Gasteiger partial charge in [-0.2, -0.15) is 0 Å². The fourth-order valence-corrected chi connectivity index (χ4v) is 2.82. The maximum atomic E-state index is 12.5. The van der Waals surface area contributed by atoms with Gasteiger partial charge in [-0.15, -0.1) is 0 Å². The number of oxazole rings is 1. The van der Waals surface area contributed by atoms with E-state index >= 15 is 0 Å². The van der Waals surface area contributed by atoms with E-state index in [2.05, 4.69) is 14.9 Å². The van der Waals surface area contributed by atoms with Crippen LogP contribution in [0.3, 0.4) is 0 Å². The second-order valence-electron chi connectivity index (χ2n) is 5.75. The van der Waals surface area contributed by atoms with Gasteiger partial charge in [0.05, 0.1) is 19.1 Å². The van der Waals surface area contributed by atoms with Crippen molar-refractivity contribution in [1.82, 2.24) is 19.4 Å². The van der Waals surface area contributed by atoms with E-state index in [1.807, 2.05) is 0 Å². The summed E-state index contributed by atoms with van der Waals surface area (Å²) in [4.78, 5) is 21.9. The van der Waals surface area contributed by atoms with Crippen LogP contribution >= 0.6 is 0 Å². The van der Waals surface area contributed by atoms with Gasteiger partial charge in [-0.1, -0.05) is 0 Å². The monoisotopic (exact) mass is 324 g/mol. The zero-order valence-corrected chi connectivity index (χ0v) is 12.6. The van der Waals surface area contributed by atoms with Crippen LogP contribution in [0.4, 0.5) is 8.78 Å². The first-order valence-electron chi connectivity index (χ1n) is 7.57. The molecule has 0 bridgehead atoms. The first-order chi connectivity index (χ1) is 11.1. The molecule has 0 amide bonds. The Morgan fingerprint density at radius 3 is 2.70 bits per heavy atom. The van der Waals surface area contributed by atoms with Gasteiger partial charge in [0, 0.05) is 12.6 Å². The SMILES string of the molecule is O=c1cc(C(F)F)ncn1CC1CCN(Cc2ncco2)CC1. The molecule has 0 unspecified atom stereocenters. The van der Waals surface area contributed by atoms with E-state index in [-0.39, 0.29) is 0 Å². The number of rotatable bonds is 5. The number of likely N-dealkylation sites (tertiary alicyclic amines) is 1. The Hall–Kier alpha value is -2.09. The van der Waals surface area contributed by atoms with Crippen molar-refractivity contribution in [3.8, 4) is 0 Å². The topological polar surface area (TPSA) is 64.2 Å². The lowest BCUT2D eigenvalue weighted by atomic mass is 9.96. The van der Waals surface area contributed by atoms with E-state index in [9.17, 15) is 13.6 Å². The van der Waals surface area contributed by atoms with Crippen LogP contribution in [0.25, 0.3) is 0 Å². The van der Waals surface area contributed by atoms with Gasteiger partial charge in [0.25, 0.3) is 12.0 Å². The third-order valence-corrected chi connectivity index (χ3v) is 4.13. The first kappa shape index (κ1) is 15.8. The van der Waals surface area contributed by atoms with Gasteiger partial charge in [0.2, 0.25) is 5.89 Å². The Balaban J connectivity index is 1.53. The minimum absolute atomic E-state index is 0.340. The summed E-state index contributed by atoms with van der Waals surface area (Å²) in [5, 5.41) is 0. The molecular formula is C15H18F2N4O2. The Morgan fingerprint density at radius 1 is 1.30 bits per heavy atom. The lowest BCUT2D eigenvalue weighted by Crippen LogP contribution is -2.36. The molecule has 1 aliphatic heterocycles. The third kappa shape index (κ3) is 4.01. The second kappa shape index (κ2) is 6.99. The highest BCUT2D eigenvalue weighted by Crippen LogP contribution is 2.20. The maximum Gasteiger partial charge on any atom is 0.280 e. The standard InChI is InChI=1S/C15H18F2N4O2/c16-15(17)12-7-14(22)21(10-19-12)8-11-1-4-20(5-2-11)9-13-18-3-6-23-13/h3,6-7,10-11,15H,1-2,4-5,8-9H2. The lowest BCUT2D eigenvalue weighted by Gasteiger charge is -2.31. The van der Waals surface area contributed by atoms with Crippen LogP contribution < -0.4 is 5.56 Å². The molecule has 0 radical (unpaired) electrons. The van der Waals surface area contributed by atoms with Crippen molar-refractivity contribution in [2.24, 2.45) is 5.92 Å². The molecule has 0 aromatic carbocycles. The number of alkyl halides is 2. The molecule has 1 aliphatic rings. The smallest absolute Gasteiger partial charge is 0.280 e. The zero-order chi connectivity index (χ0) is 16.2. The molecule has 0 aliphatic carbocycles. The van der Waals surface area contributed by atoms with Crippen LogP contribution in [-0.4, -0.2) is 32.5 Å². The predicted octanol–water partition coefficient (Wildman–Crippen LogP) is 2.08. The molecule has 124 valence electrons. The largest absolute Gasteiger partial charge is 0.448 e. The summed E-state index contributed by atoms with van der Waals surface area (Å²) in [6, 6.07) is 0.919. The van der Waals surface area contributed by atoms with Crippen LogP contribution in [0.2, 0.25) is 0 Å². The van der Waals surface area contributed by atoms with Crippen LogP contribution in [0.5, 0.6) is 0 Å². The molecule has 23 heavy (non-hydrogen) atoms. The van der Waals surface area contributed by atoms with Gasteiger partial charge in [-0.25, -0.2) is 18.7 Å². The molecule has 1 fully saturated rings. The molecule has 8 heteroatoms. The Kier molecular flexibility index (Phi) is 4.80. The zero-order valence-electron chi connectivity index (χ0n) is 12.6. The molecule has 1 saturated heterocycles. The summed E-state index contributed by atoms with van der Waals surface area (Å²) in [5.41, 5.74) is -0.885. The quantitative estimate of drug-likeness (QED) is 0.842. The van der Waals surface area contributed by atoms with Crippen molar-refractivity contribution in [3.63, 3.8) is 0 Å². The van der Waals surface area contributed by atoms with Crippen LogP contribution in [-0.2, 0) is 13.1 Å². The molecule has 6 nitrogen and oxygen atoms in total. The normalized spacial score (nSPS) is 17.0. The van der Waals surface area contributed by atoms with Crippen LogP contribution in [0, 0.1) is 5.92 Å². The highest BCUT2D eigenvalue weighted by molar-refractivity contribution is 5.00. The third-order valence-electron chi connectivity index (χ3n) is 4.13. The van der Waals surface area contributed by atoms with Crippen molar-refractivity contribution in [2.75, 3.05) is 13.1 Å². The Bertz CT molecular complexity index is 679. The van der Waals surface area contributed by atoms with Crippen molar-refractivity contribution in [3.05, 3.63) is 46.8 Å². The van der Waals surface area contributed by atoms with E-state index in [4.69, 9.17) is 4.42 Å². The fourth-order valence-electron chi connectivity index (χ4n) is 2.82. The van der Waals surface area contributed by atoms with E-state index in [1.54, 1.807) is 12.5 Å².